The molecule has 0 radical (unpaired) electrons. The van der Waals surface area contributed by atoms with Gasteiger partial charge in [-0.15, -0.1) is 0 Å². The van der Waals surface area contributed by atoms with E-state index < -0.39 is 11.6 Å². The van der Waals surface area contributed by atoms with Crippen LogP contribution in [-0.2, 0) is 0 Å². The Morgan fingerprint density at radius 2 is 2.04 bits per heavy atom. The van der Waals surface area contributed by atoms with Crippen molar-refractivity contribution in [1.82, 2.24) is 10.6 Å². The molecular weight excluding hydrogens is 350 g/mol. The molecule has 3 N–H and O–H groups in total. The number of halogens is 2. The Labute approximate surface area is 160 Å². The number of aliphatic imine (C=N–C) groups is 1. The van der Waals surface area contributed by atoms with E-state index in [1.807, 2.05) is 6.92 Å². The first-order valence-electron chi connectivity index (χ1n) is 9.93. The Bertz CT molecular complexity index is 585. The molecule has 152 valence electrons. The van der Waals surface area contributed by atoms with E-state index in [9.17, 15) is 13.9 Å². The van der Waals surface area contributed by atoms with Crippen LogP contribution in [-0.4, -0.2) is 49.9 Å². The summed E-state index contributed by atoms with van der Waals surface area (Å²) >= 11 is 0. The summed E-state index contributed by atoms with van der Waals surface area (Å²) in [6.07, 6.45) is 3.64. The molecule has 2 rings (SSSR count). The topological polar surface area (TPSA) is 59.9 Å². The van der Waals surface area contributed by atoms with E-state index in [4.69, 9.17) is 0 Å². The monoisotopic (exact) mass is 382 g/mol. The fourth-order valence-corrected chi connectivity index (χ4v) is 3.52. The van der Waals surface area contributed by atoms with Crippen molar-refractivity contribution >= 4 is 11.6 Å². The normalized spacial score (nSPS) is 18.6. The van der Waals surface area contributed by atoms with Crippen LogP contribution in [0.5, 0.6) is 0 Å². The molecule has 1 heterocycles. The highest BCUT2D eigenvalue weighted by molar-refractivity contribution is 5.80. The number of rotatable bonds is 9. The molecule has 0 saturated carbocycles. The maximum absolute atomic E-state index is 14.0. The fraction of sp³-hybridized carbons (Fsp3) is 0.650. The minimum absolute atomic E-state index is 0.0506. The summed E-state index contributed by atoms with van der Waals surface area (Å²) < 4.78 is 28.0. The summed E-state index contributed by atoms with van der Waals surface area (Å²) in [6, 6.07) is 4.04. The summed E-state index contributed by atoms with van der Waals surface area (Å²) in [4.78, 5) is 6.41. The van der Waals surface area contributed by atoms with Crippen LogP contribution in [0.2, 0.25) is 0 Å². The third kappa shape index (κ3) is 6.34. The first kappa shape index (κ1) is 21.4. The SMILES string of the molecule is CCCC(CCO)CN=C(NCC)NC1CCN(c2c(F)cccc2F)C1. The number of hydrogen-bond acceptors (Lipinski definition) is 3. The molecule has 1 aromatic rings. The second-order valence-electron chi connectivity index (χ2n) is 7.03. The van der Waals surface area contributed by atoms with Crippen molar-refractivity contribution in [2.45, 2.75) is 45.6 Å². The molecule has 0 aliphatic carbocycles. The van der Waals surface area contributed by atoms with Crippen molar-refractivity contribution in [1.29, 1.82) is 0 Å². The van der Waals surface area contributed by atoms with Crippen LogP contribution in [0, 0.1) is 17.6 Å². The first-order valence-corrected chi connectivity index (χ1v) is 9.93. The van der Waals surface area contributed by atoms with E-state index in [-0.39, 0.29) is 18.3 Å². The zero-order valence-electron chi connectivity index (χ0n) is 16.3. The van der Waals surface area contributed by atoms with Crippen LogP contribution in [0.25, 0.3) is 0 Å². The molecule has 7 heteroatoms. The minimum atomic E-state index is -0.525. The first-order chi connectivity index (χ1) is 13.1. The minimum Gasteiger partial charge on any atom is -0.396 e. The van der Waals surface area contributed by atoms with E-state index in [0.29, 0.717) is 25.6 Å². The van der Waals surface area contributed by atoms with Gasteiger partial charge in [-0.1, -0.05) is 19.4 Å². The van der Waals surface area contributed by atoms with Crippen molar-refractivity contribution in [2.24, 2.45) is 10.9 Å². The van der Waals surface area contributed by atoms with Crippen molar-refractivity contribution in [3.63, 3.8) is 0 Å². The molecule has 0 aromatic heterocycles. The van der Waals surface area contributed by atoms with Crippen LogP contribution < -0.4 is 15.5 Å². The number of nitrogens with one attached hydrogen (secondary N) is 2. The predicted octanol–water partition coefficient (Wildman–Crippen LogP) is 2.90. The van der Waals surface area contributed by atoms with Gasteiger partial charge < -0.3 is 20.6 Å². The zero-order valence-corrected chi connectivity index (χ0v) is 16.3. The third-order valence-corrected chi connectivity index (χ3v) is 4.87. The molecule has 1 saturated heterocycles. The average molecular weight is 382 g/mol. The predicted molar refractivity (Wildman–Crippen MR) is 106 cm³/mol. The van der Waals surface area contributed by atoms with Crippen LogP contribution in [0.4, 0.5) is 14.5 Å². The number of anilines is 1. The summed E-state index contributed by atoms with van der Waals surface area (Å²) in [5, 5.41) is 15.8. The maximum Gasteiger partial charge on any atom is 0.191 e. The number of aliphatic hydroxyl groups is 1. The van der Waals surface area contributed by atoms with Gasteiger partial charge >= 0.3 is 0 Å². The summed E-state index contributed by atoms with van der Waals surface area (Å²) in [5.74, 6) is 0.0331. The fourth-order valence-electron chi connectivity index (χ4n) is 3.52. The summed E-state index contributed by atoms with van der Waals surface area (Å²) in [6.45, 7) is 6.83. The summed E-state index contributed by atoms with van der Waals surface area (Å²) in [5.41, 5.74) is 0.0506. The molecule has 1 aromatic carbocycles. The van der Waals surface area contributed by atoms with E-state index >= 15 is 0 Å². The Morgan fingerprint density at radius 3 is 2.67 bits per heavy atom. The molecule has 0 amide bonds. The lowest BCUT2D eigenvalue weighted by molar-refractivity contribution is 0.253. The number of hydrogen-bond donors (Lipinski definition) is 3. The molecule has 1 aliphatic rings. The highest BCUT2D eigenvalue weighted by Gasteiger charge is 2.27. The Kier molecular flexibility index (Phi) is 8.78. The molecule has 0 bridgehead atoms. The van der Waals surface area contributed by atoms with Crippen molar-refractivity contribution in [2.75, 3.05) is 37.7 Å². The van der Waals surface area contributed by atoms with Gasteiger partial charge in [-0.25, -0.2) is 8.78 Å². The van der Waals surface area contributed by atoms with Gasteiger partial charge in [-0.2, -0.15) is 0 Å². The second kappa shape index (κ2) is 11.1. The van der Waals surface area contributed by atoms with Gasteiger partial charge in [0, 0.05) is 38.8 Å². The zero-order chi connectivity index (χ0) is 19.6. The highest BCUT2D eigenvalue weighted by Crippen LogP contribution is 2.26. The molecule has 2 unspecified atom stereocenters. The van der Waals surface area contributed by atoms with Gasteiger partial charge in [-0.3, -0.25) is 4.99 Å². The largest absolute Gasteiger partial charge is 0.396 e. The van der Waals surface area contributed by atoms with Crippen molar-refractivity contribution in [3.05, 3.63) is 29.8 Å². The van der Waals surface area contributed by atoms with Gasteiger partial charge in [-0.05, 0) is 44.2 Å². The van der Waals surface area contributed by atoms with Gasteiger partial charge in [0.15, 0.2) is 5.96 Å². The smallest absolute Gasteiger partial charge is 0.191 e. The van der Waals surface area contributed by atoms with Crippen LogP contribution in [0.1, 0.15) is 39.5 Å². The van der Waals surface area contributed by atoms with Crippen molar-refractivity contribution < 1.29 is 13.9 Å². The van der Waals surface area contributed by atoms with Gasteiger partial charge in [0.2, 0.25) is 0 Å². The summed E-state index contributed by atoms with van der Waals surface area (Å²) in [7, 11) is 0. The number of aliphatic hydroxyl groups excluding tert-OH is 1. The van der Waals surface area contributed by atoms with E-state index in [0.717, 1.165) is 38.2 Å². The van der Waals surface area contributed by atoms with E-state index in [1.165, 1.54) is 18.2 Å². The Hall–Kier alpha value is -1.89. The Balaban J connectivity index is 1.97. The van der Waals surface area contributed by atoms with Crippen molar-refractivity contribution in [3.8, 4) is 0 Å². The third-order valence-electron chi connectivity index (χ3n) is 4.87. The lowest BCUT2D eigenvalue weighted by Crippen LogP contribution is -2.45. The maximum atomic E-state index is 14.0. The number of para-hydroxylation sites is 1. The lowest BCUT2D eigenvalue weighted by atomic mass is 10.0. The van der Waals surface area contributed by atoms with Crippen LogP contribution in [0.3, 0.4) is 0 Å². The molecular formula is C20H32F2N4O. The van der Waals surface area contributed by atoms with Gasteiger partial charge in [0.25, 0.3) is 0 Å². The lowest BCUT2D eigenvalue weighted by Gasteiger charge is -2.21. The number of nitrogens with zero attached hydrogens (tertiary/aromatic N) is 2. The molecule has 1 fully saturated rings. The molecule has 2 atom stereocenters. The molecule has 5 nitrogen and oxygen atoms in total. The molecule has 0 spiro atoms. The molecule has 1 aliphatic heterocycles. The van der Waals surface area contributed by atoms with Gasteiger partial charge in [0.1, 0.15) is 17.3 Å². The van der Waals surface area contributed by atoms with Crippen LogP contribution in [0.15, 0.2) is 23.2 Å². The highest BCUT2D eigenvalue weighted by atomic mass is 19.1. The van der Waals surface area contributed by atoms with Crippen LogP contribution >= 0.6 is 0 Å². The second-order valence-corrected chi connectivity index (χ2v) is 7.03. The average Bonchev–Trinajstić information content (AvgIpc) is 3.08. The number of guanidine groups is 1. The number of benzene rings is 1. The quantitative estimate of drug-likeness (QED) is 0.454. The standard InChI is InChI=1S/C20H32F2N4O/c1-3-6-15(10-12-27)13-24-20(23-4-2)25-16-9-11-26(14-16)19-17(21)7-5-8-18(19)22/h5,7-8,15-16,27H,3-4,6,9-14H2,1-2H3,(H2,23,24,25). The van der Waals surface area contributed by atoms with E-state index in [1.54, 1.807) is 4.90 Å². The van der Waals surface area contributed by atoms with Gasteiger partial charge in [0.05, 0.1) is 0 Å². The Morgan fingerprint density at radius 1 is 1.30 bits per heavy atom. The van der Waals surface area contributed by atoms with E-state index in [2.05, 4.69) is 22.5 Å². The molecule has 27 heavy (non-hydrogen) atoms.